The van der Waals surface area contributed by atoms with E-state index in [4.69, 9.17) is 32.4 Å². The summed E-state index contributed by atoms with van der Waals surface area (Å²) in [5.74, 6) is 1.78. The maximum absolute atomic E-state index is 13.5. The summed E-state index contributed by atoms with van der Waals surface area (Å²) >= 11 is 12.2. The van der Waals surface area contributed by atoms with Crippen molar-refractivity contribution in [2.24, 2.45) is 0 Å². The van der Waals surface area contributed by atoms with Gasteiger partial charge in [-0.15, -0.1) is 0 Å². The fourth-order valence-electron chi connectivity index (χ4n) is 3.81. The largest absolute Gasteiger partial charge is 0.497 e. The topological polar surface area (TPSA) is 42.7 Å². The molecule has 168 valence electrons. The van der Waals surface area contributed by atoms with Gasteiger partial charge >= 0.3 is 0 Å². The maximum atomic E-state index is 13.5. The van der Waals surface area contributed by atoms with Crippen molar-refractivity contribution in [2.45, 2.75) is 0 Å². The third kappa shape index (κ3) is 4.26. The second-order valence-electron chi connectivity index (χ2n) is 7.66. The van der Waals surface area contributed by atoms with Gasteiger partial charge in [-0.3, -0.25) is 9.69 Å². The van der Waals surface area contributed by atoms with Gasteiger partial charge in [0.2, 0.25) is 0 Å². The van der Waals surface area contributed by atoms with Crippen LogP contribution in [0.2, 0.25) is 10.0 Å². The molecule has 0 N–H and O–H groups in total. The number of hydrogen-bond donors (Lipinski definition) is 0. The molecule has 0 saturated carbocycles. The molecule has 5 rings (SSSR count). The van der Waals surface area contributed by atoms with Crippen LogP contribution in [0.5, 0.6) is 5.75 Å². The first kappa shape index (κ1) is 22.1. The van der Waals surface area contributed by atoms with E-state index < -0.39 is 0 Å². The normalized spacial score (nSPS) is 14.6. The number of carbonyl (C=O) groups is 1. The van der Waals surface area contributed by atoms with Gasteiger partial charge in [-0.25, -0.2) is 0 Å². The average Bonchev–Trinajstić information content (AvgIpc) is 3.46. The Morgan fingerprint density at radius 1 is 0.853 bits per heavy atom. The number of amides is 1. The number of hydrogen-bond acceptors (Lipinski definition) is 3. The number of benzene rings is 3. The van der Waals surface area contributed by atoms with Gasteiger partial charge in [0, 0.05) is 16.8 Å². The highest BCUT2D eigenvalue weighted by Gasteiger charge is 2.30. The minimum Gasteiger partial charge on any atom is -0.497 e. The predicted molar refractivity (Wildman–Crippen MR) is 137 cm³/mol. The molecule has 0 unspecified atom stereocenters. The zero-order valence-corrected chi connectivity index (χ0v) is 19.7. The minimum atomic E-state index is -0.142. The molecule has 0 spiro atoms. The van der Waals surface area contributed by atoms with Crippen molar-refractivity contribution in [1.82, 2.24) is 0 Å². The third-order valence-electron chi connectivity index (χ3n) is 5.51. The lowest BCUT2D eigenvalue weighted by Crippen LogP contribution is -2.24. The van der Waals surface area contributed by atoms with Crippen molar-refractivity contribution in [2.75, 3.05) is 12.0 Å². The standard InChI is InChI=1S/C28H19Cl2NO3/c1-33-22-10-8-21(9-11-22)31-26(18-5-3-2-4-6-18)17-20(28(31)32)15-23-12-14-27(34-23)19-7-13-24(29)25(30)16-19/h2-17H,1H3/b20-15-. The average molecular weight is 488 g/mol. The van der Waals surface area contributed by atoms with Gasteiger partial charge in [0.05, 0.1) is 22.9 Å². The summed E-state index contributed by atoms with van der Waals surface area (Å²) < 4.78 is 11.3. The van der Waals surface area contributed by atoms with Gasteiger partial charge in [-0.1, -0.05) is 53.5 Å². The quantitative estimate of drug-likeness (QED) is 0.270. The van der Waals surface area contributed by atoms with Crippen LogP contribution in [0.15, 0.2) is 101 Å². The van der Waals surface area contributed by atoms with Gasteiger partial charge in [0.1, 0.15) is 17.3 Å². The number of ether oxygens (including phenoxy) is 1. The SMILES string of the molecule is COc1ccc(N2C(=O)/C(=C\c3ccc(-c4ccc(Cl)c(Cl)c4)o3)C=C2c2ccccc2)cc1. The molecule has 6 heteroatoms. The monoisotopic (exact) mass is 487 g/mol. The molecular weight excluding hydrogens is 469 g/mol. The third-order valence-corrected chi connectivity index (χ3v) is 6.25. The van der Waals surface area contributed by atoms with E-state index in [9.17, 15) is 4.79 Å². The lowest BCUT2D eigenvalue weighted by molar-refractivity contribution is -0.113. The van der Waals surface area contributed by atoms with Crippen molar-refractivity contribution >= 4 is 46.6 Å². The molecule has 0 radical (unpaired) electrons. The highest BCUT2D eigenvalue weighted by Crippen LogP contribution is 2.36. The van der Waals surface area contributed by atoms with E-state index in [1.807, 2.05) is 78.9 Å². The van der Waals surface area contributed by atoms with E-state index in [1.165, 1.54) is 0 Å². The number of methoxy groups -OCH3 is 1. The lowest BCUT2D eigenvalue weighted by Gasteiger charge is -2.21. The number of nitrogens with zero attached hydrogens (tertiary/aromatic N) is 1. The van der Waals surface area contributed by atoms with Gasteiger partial charge in [-0.05, 0) is 72.3 Å². The Kier molecular flexibility index (Phi) is 6.01. The highest BCUT2D eigenvalue weighted by atomic mass is 35.5. The Hall–Kier alpha value is -3.73. The van der Waals surface area contributed by atoms with E-state index in [2.05, 4.69) is 0 Å². The molecule has 0 aliphatic carbocycles. The first-order valence-electron chi connectivity index (χ1n) is 10.6. The van der Waals surface area contributed by atoms with Crippen LogP contribution in [0.1, 0.15) is 11.3 Å². The molecule has 4 aromatic rings. The summed E-state index contributed by atoms with van der Waals surface area (Å²) in [6, 6.07) is 26.2. The molecule has 0 fully saturated rings. The number of carbonyl (C=O) groups excluding carboxylic acids is 1. The van der Waals surface area contributed by atoms with Gasteiger partial charge in [0.25, 0.3) is 5.91 Å². The van der Waals surface area contributed by atoms with E-state index in [1.54, 1.807) is 30.2 Å². The molecule has 1 aromatic heterocycles. The molecule has 4 nitrogen and oxygen atoms in total. The summed E-state index contributed by atoms with van der Waals surface area (Å²) in [4.78, 5) is 15.2. The van der Waals surface area contributed by atoms with Gasteiger partial charge in [-0.2, -0.15) is 0 Å². The summed E-state index contributed by atoms with van der Waals surface area (Å²) in [5.41, 5.74) is 3.80. The summed E-state index contributed by atoms with van der Waals surface area (Å²) in [7, 11) is 1.61. The van der Waals surface area contributed by atoms with Crippen molar-refractivity contribution in [1.29, 1.82) is 0 Å². The molecular formula is C28H19Cl2NO3. The molecule has 0 bridgehead atoms. The van der Waals surface area contributed by atoms with Crippen LogP contribution >= 0.6 is 23.2 Å². The molecule has 34 heavy (non-hydrogen) atoms. The van der Waals surface area contributed by atoms with E-state index >= 15 is 0 Å². The first-order chi connectivity index (χ1) is 16.5. The fourth-order valence-corrected chi connectivity index (χ4v) is 4.11. The number of rotatable bonds is 5. The van der Waals surface area contributed by atoms with Gasteiger partial charge in [0.15, 0.2) is 0 Å². The van der Waals surface area contributed by atoms with Crippen LogP contribution in [0.25, 0.3) is 23.1 Å². The molecule has 1 aliphatic rings. The van der Waals surface area contributed by atoms with Crippen LogP contribution in [-0.4, -0.2) is 13.0 Å². The van der Waals surface area contributed by atoms with E-state index in [-0.39, 0.29) is 5.91 Å². The van der Waals surface area contributed by atoms with Gasteiger partial charge < -0.3 is 9.15 Å². The van der Waals surface area contributed by atoms with Crippen molar-refractivity contribution in [3.8, 4) is 17.1 Å². The van der Waals surface area contributed by atoms with Crippen LogP contribution in [0.3, 0.4) is 0 Å². The fraction of sp³-hybridized carbons (Fsp3) is 0.0357. The molecule has 0 saturated heterocycles. The predicted octanol–water partition coefficient (Wildman–Crippen LogP) is 7.73. The zero-order valence-electron chi connectivity index (χ0n) is 18.2. The van der Waals surface area contributed by atoms with E-state index in [0.29, 0.717) is 27.1 Å². The second kappa shape index (κ2) is 9.26. The molecule has 3 aromatic carbocycles. The molecule has 1 aliphatic heterocycles. The van der Waals surface area contributed by atoms with Crippen molar-refractivity contribution in [3.05, 3.63) is 118 Å². The van der Waals surface area contributed by atoms with Crippen LogP contribution in [-0.2, 0) is 4.79 Å². The second-order valence-corrected chi connectivity index (χ2v) is 8.48. The Labute approximate surface area is 207 Å². The van der Waals surface area contributed by atoms with E-state index in [0.717, 1.165) is 28.3 Å². The summed E-state index contributed by atoms with van der Waals surface area (Å²) in [5, 5.41) is 0.931. The van der Waals surface area contributed by atoms with Crippen molar-refractivity contribution in [3.63, 3.8) is 0 Å². The van der Waals surface area contributed by atoms with Crippen LogP contribution in [0.4, 0.5) is 5.69 Å². The smallest absolute Gasteiger partial charge is 0.263 e. The molecule has 1 amide bonds. The molecule has 0 atom stereocenters. The Morgan fingerprint density at radius 3 is 2.32 bits per heavy atom. The number of halogens is 2. The van der Waals surface area contributed by atoms with Crippen molar-refractivity contribution < 1.29 is 13.9 Å². The Balaban J connectivity index is 1.52. The number of anilines is 1. The lowest BCUT2D eigenvalue weighted by atomic mass is 10.1. The Morgan fingerprint density at radius 2 is 1.62 bits per heavy atom. The maximum Gasteiger partial charge on any atom is 0.263 e. The first-order valence-corrected chi connectivity index (χ1v) is 11.3. The Bertz CT molecular complexity index is 1420. The molecule has 2 heterocycles. The highest BCUT2D eigenvalue weighted by molar-refractivity contribution is 6.42. The minimum absolute atomic E-state index is 0.142. The summed E-state index contributed by atoms with van der Waals surface area (Å²) in [6.45, 7) is 0. The van der Waals surface area contributed by atoms with Crippen LogP contribution in [0, 0.1) is 0 Å². The van der Waals surface area contributed by atoms with Crippen LogP contribution < -0.4 is 9.64 Å². The number of furan rings is 1. The summed E-state index contributed by atoms with van der Waals surface area (Å²) in [6.07, 6.45) is 3.62. The zero-order chi connectivity index (χ0) is 23.7.